The summed E-state index contributed by atoms with van der Waals surface area (Å²) in [6.45, 7) is 31.8. The molecule has 10 unspecified atom stereocenters. The molecule has 120 heavy (non-hydrogen) atoms. The van der Waals surface area contributed by atoms with Gasteiger partial charge in [-0.05, 0) is 110 Å². The van der Waals surface area contributed by atoms with Crippen molar-refractivity contribution in [2.24, 2.45) is 0 Å². The summed E-state index contributed by atoms with van der Waals surface area (Å²) >= 11 is 2.02. The van der Waals surface area contributed by atoms with Crippen LogP contribution < -0.4 is 29.9 Å². The zero-order chi connectivity index (χ0) is 88.7. The minimum atomic E-state index is -1.51. The molecular formula is C86H148N8O24S2. The summed E-state index contributed by atoms with van der Waals surface area (Å²) in [4.78, 5) is 131. The molecule has 2 saturated heterocycles. The van der Waals surface area contributed by atoms with Crippen molar-refractivity contribution in [3.63, 3.8) is 0 Å². The number of nitrogens with zero attached hydrogens (tertiary/aromatic N) is 6. The van der Waals surface area contributed by atoms with Crippen LogP contribution >= 0.6 is 23.5 Å². The number of anilines is 2. The van der Waals surface area contributed by atoms with Gasteiger partial charge < -0.3 is 86.7 Å². The molecule has 2 fully saturated rings. The maximum Gasteiger partial charge on any atom is 0.347 e. The Hall–Kier alpha value is -7.14. The summed E-state index contributed by atoms with van der Waals surface area (Å²) in [7, 11) is 0. The zero-order valence-electron chi connectivity index (χ0n) is 75.2. The molecule has 2 aliphatic rings. The summed E-state index contributed by atoms with van der Waals surface area (Å²) in [6, 6.07) is 0. The molecule has 2 aromatic rings. The molecule has 0 amide bonds. The molecule has 4 rings (SSSR count). The molecule has 10 atom stereocenters. The Morgan fingerprint density at radius 1 is 0.325 bits per heavy atom. The molecule has 2 aliphatic heterocycles. The van der Waals surface area contributed by atoms with Crippen LogP contribution in [0.2, 0.25) is 0 Å². The number of nitrogens with one attached hydrogen (secondary N) is 2. The van der Waals surface area contributed by atoms with Gasteiger partial charge in [0.1, 0.15) is 25.4 Å². The van der Waals surface area contributed by atoms with E-state index in [4.69, 9.17) is 66.3 Å². The minimum absolute atomic E-state index is 0.0255. The van der Waals surface area contributed by atoms with Gasteiger partial charge in [-0.25, -0.2) is 38.4 Å². The Labute approximate surface area is 722 Å². The fourth-order valence-corrected chi connectivity index (χ4v) is 13.3. The Morgan fingerprint density at radius 3 is 0.775 bits per heavy atom. The molecule has 2 N–H and O–H groups in total. The lowest BCUT2D eigenvalue weighted by Crippen LogP contribution is -2.45. The fourth-order valence-electron chi connectivity index (χ4n) is 12.2. The molecule has 0 spiro atoms. The monoisotopic (exact) mass is 1740 g/mol. The maximum absolute atomic E-state index is 13.1. The number of hydrogen-bond acceptors (Lipinski definition) is 34. The van der Waals surface area contributed by atoms with Crippen molar-refractivity contribution >= 4 is 94.8 Å². The van der Waals surface area contributed by atoms with Gasteiger partial charge in [0, 0.05) is 63.2 Å². The summed E-state index contributed by atoms with van der Waals surface area (Å²) in [5.74, 6) is -6.92. The predicted octanol–water partition coefficient (Wildman–Crippen LogP) is 14.1. The van der Waals surface area contributed by atoms with Crippen LogP contribution in [0.15, 0.2) is 0 Å². The van der Waals surface area contributed by atoms with Crippen LogP contribution in [0.5, 0.6) is 11.8 Å². The lowest BCUT2D eigenvalue weighted by molar-refractivity contribution is -0.187. The van der Waals surface area contributed by atoms with Gasteiger partial charge >= 0.3 is 59.7 Å². The molecule has 34 heteroatoms. The summed E-state index contributed by atoms with van der Waals surface area (Å²) in [5.41, 5.74) is -0.600. The molecule has 0 bridgehead atoms. The van der Waals surface area contributed by atoms with Gasteiger partial charge in [0.05, 0.1) is 49.9 Å². The van der Waals surface area contributed by atoms with Crippen molar-refractivity contribution in [3.05, 3.63) is 0 Å². The lowest BCUT2D eigenvalue weighted by atomic mass is 10.0. The Kier molecular flexibility index (Phi) is 55.3. The van der Waals surface area contributed by atoms with Gasteiger partial charge in [-0.1, -0.05) is 194 Å². The van der Waals surface area contributed by atoms with Crippen LogP contribution in [-0.2, 0) is 105 Å². The number of ether oxygens (including phenoxy) is 14. The normalized spacial score (nSPS) is 15.6. The van der Waals surface area contributed by atoms with Crippen molar-refractivity contribution in [2.75, 3.05) is 88.7 Å². The van der Waals surface area contributed by atoms with Crippen molar-refractivity contribution in [1.29, 1.82) is 0 Å². The average Bonchev–Trinajstić information content (AvgIpc) is 1.69. The van der Waals surface area contributed by atoms with E-state index >= 15 is 0 Å². The number of esters is 10. The highest BCUT2D eigenvalue weighted by molar-refractivity contribution is 6.99. The third kappa shape index (κ3) is 49.2. The lowest BCUT2D eigenvalue weighted by Gasteiger charge is -2.28. The summed E-state index contributed by atoms with van der Waals surface area (Å²) in [6.07, 6.45) is 24.3. The van der Waals surface area contributed by atoms with Crippen LogP contribution in [0.1, 0.15) is 316 Å². The number of morpholine rings is 2. The predicted molar refractivity (Wildman–Crippen MR) is 456 cm³/mol. The van der Waals surface area contributed by atoms with Crippen LogP contribution in [0.25, 0.3) is 0 Å². The van der Waals surface area contributed by atoms with Crippen LogP contribution in [0, 0.1) is 0 Å². The van der Waals surface area contributed by atoms with Crippen molar-refractivity contribution in [1.82, 2.24) is 28.1 Å². The van der Waals surface area contributed by atoms with Gasteiger partial charge in [-0.2, -0.15) is 8.75 Å². The molecule has 0 saturated carbocycles. The average molecular weight is 1740 g/mol. The molecule has 0 aromatic carbocycles. The second kappa shape index (κ2) is 62.0. The SMILES string of the molecule is CCCCCCCCCCCCCCCCCC(=O)OC(C)C(=O)OC(C)C(=O)OC(C)C(=O)OC(C)C(=O)OC(C)C(=O)OC(CNC(C)(C)C)COc1nsnc1N1CCOCC1.CCCCCCCCCCCCCCCCCC(=O)OC(C)C(=O)OC(C)C(=O)OC(C)C(=O)OC(CNC(C)(C)C)COc1nsnc1N1CCOCC1. The van der Waals surface area contributed by atoms with E-state index in [0.717, 1.165) is 62.0 Å². The molecular weight excluding hydrogens is 1590 g/mol. The van der Waals surface area contributed by atoms with E-state index < -0.39 is 121 Å². The quantitative estimate of drug-likeness (QED) is 0.0353. The summed E-state index contributed by atoms with van der Waals surface area (Å²) in [5, 5.41) is 6.56. The number of rotatable bonds is 62. The van der Waals surface area contributed by atoms with E-state index in [1.54, 1.807) is 0 Å². The van der Waals surface area contributed by atoms with Crippen molar-refractivity contribution in [2.45, 2.75) is 388 Å². The van der Waals surface area contributed by atoms with E-state index in [9.17, 15) is 47.9 Å². The summed E-state index contributed by atoms with van der Waals surface area (Å²) < 4.78 is 92.8. The minimum Gasteiger partial charge on any atom is -0.470 e. The highest BCUT2D eigenvalue weighted by Gasteiger charge is 2.35. The topological polar surface area (TPSA) is 382 Å². The Balaban J connectivity index is 0.000000629. The highest BCUT2D eigenvalue weighted by atomic mass is 32.1. The van der Waals surface area contributed by atoms with E-state index in [2.05, 4.69) is 42.0 Å². The second-order valence-electron chi connectivity index (χ2n) is 33.1. The van der Waals surface area contributed by atoms with E-state index in [1.807, 2.05) is 51.3 Å². The van der Waals surface area contributed by atoms with Gasteiger partial charge in [-0.15, -0.1) is 8.75 Å². The van der Waals surface area contributed by atoms with E-state index in [1.165, 1.54) is 197 Å². The number of unbranched alkanes of at least 4 members (excludes halogenated alkanes) is 28. The smallest absolute Gasteiger partial charge is 0.347 e. The second-order valence-corrected chi connectivity index (χ2v) is 34.2. The van der Waals surface area contributed by atoms with Gasteiger partial charge in [0.15, 0.2) is 48.8 Å². The first-order valence-electron chi connectivity index (χ1n) is 44.3. The van der Waals surface area contributed by atoms with Crippen molar-refractivity contribution < 1.29 is 114 Å². The Morgan fingerprint density at radius 2 is 0.542 bits per heavy atom. The van der Waals surface area contributed by atoms with E-state index in [0.29, 0.717) is 88.8 Å². The Bertz CT molecular complexity index is 3210. The van der Waals surface area contributed by atoms with Gasteiger partial charge in [0.2, 0.25) is 11.6 Å². The largest absolute Gasteiger partial charge is 0.470 e. The molecule has 32 nitrogen and oxygen atoms in total. The first-order chi connectivity index (χ1) is 57.2. The third-order valence-corrected chi connectivity index (χ3v) is 20.6. The standard InChI is InChI=1S/C46H78N4O14S.C40H70N4O10S/c1-10-11-12-13-14-15-16-17-18-19-20-21-22-23-24-25-38(51)59-32(2)41(52)60-33(3)42(53)61-34(4)43(54)62-35(5)44(55)63-36(6)45(56)64-37(30-47-46(7,8)9)31-58-40-39(48-65-49-40)50-26-28-57-29-27-50;1-8-9-10-11-12-13-14-15-16-17-18-19-20-21-22-23-34(45)51-30(2)37(46)52-31(3)38(47)53-32(4)39(48)54-33(28-41-40(5,6)7)29-50-36-35(42-55-43-36)44-24-26-49-27-25-44/h32-37,47H,10-31H2,1-9H3;30-33,41H,8-29H2,1-7H3. The van der Waals surface area contributed by atoms with Crippen LogP contribution in [0.4, 0.5) is 11.6 Å². The molecule has 688 valence electrons. The number of aromatic nitrogens is 4. The van der Waals surface area contributed by atoms with Crippen molar-refractivity contribution in [3.8, 4) is 11.8 Å². The van der Waals surface area contributed by atoms with Gasteiger partial charge in [-0.3, -0.25) is 9.59 Å². The number of hydrogen-bond donors (Lipinski definition) is 2. The molecule has 2 aromatic heterocycles. The number of carbonyl (C=O) groups excluding carboxylic acids is 10. The van der Waals surface area contributed by atoms with E-state index in [-0.39, 0.29) is 50.2 Å². The zero-order valence-corrected chi connectivity index (χ0v) is 76.8. The number of carbonyl (C=O) groups is 10. The molecule has 0 aliphatic carbocycles. The van der Waals surface area contributed by atoms with Crippen LogP contribution in [-0.4, -0.2) is 228 Å². The maximum atomic E-state index is 13.1. The first kappa shape index (κ1) is 107. The van der Waals surface area contributed by atoms with Gasteiger partial charge in [0.25, 0.3) is 11.8 Å². The van der Waals surface area contributed by atoms with Crippen LogP contribution in [0.3, 0.4) is 0 Å². The first-order valence-corrected chi connectivity index (χ1v) is 45.8. The third-order valence-electron chi connectivity index (χ3n) is 19.6. The fraction of sp³-hybridized carbons (Fsp3) is 0.837. The molecule has 4 heterocycles. The molecule has 0 radical (unpaired) electrons. The highest BCUT2D eigenvalue weighted by Crippen LogP contribution is 2.29.